The van der Waals surface area contributed by atoms with Gasteiger partial charge >= 0.3 is 5.97 Å². The Bertz CT molecular complexity index is 683. The lowest BCUT2D eigenvalue weighted by atomic mass is 10.3. The van der Waals surface area contributed by atoms with Gasteiger partial charge in [-0.1, -0.05) is 0 Å². The van der Waals surface area contributed by atoms with Gasteiger partial charge in [0.1, 0.15) is 11.4 Å². The molecule has 8 heteroatoms. The number of aromatic nitrogens is 4. The first-order valence-corrected chi connectivity index (χ1v) is 7.95. The van der Waals surface area contributed by atoms with E-state index >= 15 is 0 Å². The highest BCUT2D eigenvalue weighted by molar-refractivity contribution is 5.94. The van der Waals surface area contributed by atoms with Crippen molar-refractivity contribution in [1.82, 2.24) is 24.6 Å². The molecule has 2 heterocycles. The van der Waals surface area contributed by atoms with Gasteiger partial charge in [0.2, 0.25) is 0 Å². The molecule has 0 aliphatic carbocycles. The van der Waals surface area contributed by atoms with E-state index in [1.165, 1.54) is 6.20 Å². The fraction of sp³-hybridized carbons (Fsp3) is 0.500. The summed E-state index contributed by atoms with van der Waals surface area (Å²) in [6.45, 7) is 5.65. The van der Waals surface area contributed by atoms with Gasteiger partial charge in [-0.15, -0.1) is 0 Å². The zero-order valence-corrected chi connectivity index (χ0v) is 14.6. The number of nitrogens with zero attached hydrogens (tertiary/aromatic N) is 5. The van der Waals surface area contributed by atoms with Gasteiger partial charge in [0, 0.05) is 18.9 Å². The van der Waals surface area contributed by atoms with Crippen molar-refractivity contribution >= 4 is 11.8 Å². The third-order valence-electron chi connectivity index (χ3n) is 3.26. The second-order valence-electron chi connectivity index (χ2n) is 5.70. The van der Waals surface area contributed by atoms with Crippen LogP contribution in [0.1, 0.15) is 29.3 Å². The number of anilines is 1. The molecule has 0 aliphatic heterocycles. The molecular weight excluding hydrogens is 308 g/mol. The summed E-state index contributed by atoms with van der Waals surface area (Å²) in [6, 6.07) is 0. The lowest BCUT2D eigenvalue weighted by Gasteiger charge is -2.13. The maximum Gasteiger partial charge on any atom is 0.343 e. The summed E-state index contributed by atoms with van der Waals surface area (Å²) in [5.74, 6) is 0.437. The SMILES string of the molecule is CCOC(=O)c1cnc(-n2cc(C)cn2)nc1NCCCN(C)C. The third-order valence-corrected chi connectivity index (χ3v) is 3.26. The minimum atomic E-state index is -0.434. The lowest BCUT2D eigenvalue weighted by molar-refractivity contribution is 0.0526. The van der Waals surface area contributed by atoms with Crippen molar-refractivity contribution in [1.29, 1.82) is 0 Å². The highest BCUT2D eigenvalue weighted by atomic mass is 16.5. The topological polar surface area (TPSA) is 85.2 Å². The largest absolute Gasteiger partial charge is 0.462 e. The Morgan fingerprint density at radius 1 is 1.38 bits per heavy atom. The van der Waals surface area contributed by atoms with Crippen LogP contribution in [0, 0.1) is 6.92 Å². The second kappa shape index (κ2) is 8.39. The van der Waals surface area contributed by atoms with Crippen molar-refractivity contribution in [2.24, 2.45) is 0 Å². The van der Waals surface area contributed by atoms with E-state index in [4.69, 9.17) is 4.74 Å². The van der Waals surface area contributed by atoms with Crippen LogP contribution in [-0.2, 0) is 4.74 Å². The highest BCUT2D eigenvalue weighted by Crippen LogP contribution is 2.15. The van der Waals surface area contributed by atoms with Crippen LogP contribution in [0.3, 0.4) is 0 Å². The zero-order chi connectivity index (χ0) is 17.5. The first kappa shape index (κ1) is 17.9. The number of carbonyl (C=O) groups is 1. The summed E-state index contributed by atoms with van der Waals surface area (Å²) in [5.41, 5.74) is 1.34. The Hall–Kier alpha value is -2.48. The van der Waals surface area contributed by atoms with Crippen LogP contribution in [0.4, 0.5) is 5.82 Å². The molecule has 0 amide bonds. The molecule has 0 spiro atoms. The summed E-state index contributed by atoms with van der Waals surface area (Å²) >= 11 is 0. The van der Waals surface area contributed by atoms with Gasteiger partial charge in [-0.25, -0.2) is 14.5 Å². The molecule has 0 radical (unpaired) electrons. The van der Waals surface area contributed by atoms with E-state index in [2.05, 4.69) is 25.3 Å². The predicted octanol–water partition coefficient (Wildman–Crippen LogP) is 1.51. The van der Waals surface area contributed by atoms with Gasteiger partial charge in [-0.05, 0) is 46.5 Å². The molecule has 2 aromatic rings. The third kappa shape index (κ3) is 4.76. The highest BCUT2D eigenvalue weighted by Gasteiger charge is 2.16. The molecule has 1 N–H and O–H groups in total. The molecular formula is C16H24N6O2. The van der Waals surface area contributed by atoms with Gasteiger partial charge in [0.15, 0.2) is 0 Å². The number of esters is 1. The molecule has 0 atom stereocenters. The van der Waals surface area contributed by atoms with Crippen molar-refractivity contribution in [2.75, 3.05) is 39.1 Å². The predicted molar refractivity (Wildman–Crippen MR) is 91.5 cm³/mol. The summed E-state index contributed by atoms with van der Waals surface area (Å²) in [5, 5.41) is 7.40. The van der Waals surface area contributed by atoms with Crippen LogP contribution < -0.4 is 5.32 Å². The van der Waals surface area contributed by atoms with Crippen LogP contribution >= 0.6 is 0 Å². The molecule has 0 aliphatic rings. The molecule has 2 rings (SSSR count). The van der Waals surface area contributed by atoms with E-state index in [9.17, 15) is 4.79 Å². The number of carbonyl (C=O) groups excluding carboxylic acids is 1. The van der Waals surface area contributed by atoms with Crippen LogP contribution in [0.25, 0.3) is 5.95 Å². The number of hydrogen-bond donors (Lipinski definition) is 1. The average molecular weight is 332 g/mol. The Labute approximate surface area is 141 Å². The standard InChI is InChI=1S/C16H24N6O2/c1-5-24-15(23)13-10-18-16(22-11-12(2)9-19-22)20-14(13)17-7-6-8-21(3)4/h9-11H,5-8H2,1-4H3,(H,17,18,20). The monoisotopic (exact) mass is 332 g/mol. The Morgan fingerprint density at radius 2 is 2.17 bits per heavy atom. The van der Waals surface area contributed by atoms with Gasteiger partial charge in [-0.2, -0.15) is 10.1 Å². The van der Waals surface area contributed by atoms with E-state index in [-0.39, 0.29) is 0 Å². The van der Waals surface area contributed by atoms with Crippen molar-refractivity contribution in [3.8, 4) is 5.95 Å². The summed E-state index contributed by atoms with van der Waals surface area (Å²) in [6.07, 6.45) is 5.96. The molecule has 0 fully saturated rings. The fourth-order valence-electron chi connectivity index (χ4n) is 2.10. The smallest absolute Gasteiger partial charge is 0.343 e. The first-order chi connectivity index (χ1) is 11.5. The maximum absolute atomic E-state index is 12.1. The number of hydrogen-bond acceptors (Lipinski definition) is 7. The number of rotatable bonds is 8. The van der Waals surface area contributed by atoms with Gasteiger partial charge in [-0.3, -0.25) is 0 Å². The minimum Gasteiger partial charge on any atom is -0.462 e. The second-order valence-corrected chi connectivity index (χ2v) is 5.70. The first-order valence-electron chi connectivity index (χ1n) is 7.95. The summed E-state index contributed by atoms with van der Waals surface area (Å²) in [7, 11) is 4.04. The van der Waals surface area contributed by atoms with E-state index in [0.29, 0.717) is 30.5 Å². The Balaban J connectivity index is 2.22. The van der Waals surface area contributed by atoms with Gasteiger partial charge < -0.3 is 15.0 Å². The van der Waals surface area contributed by atoms with Crippen LogP contribution in [0.2, 0.25) is 0 Å². The maximum atomic E-state index is 12.1. The van der Waals surface area contributed by atoms with Crippen molar-refractivity contribution < 1.29 is 9.53 Å². The van der Waals surface area contributed by atoms with Crippen molar-refractivity contribution in [2.45, 2.75) is 20.3 Å². The Morgan fingerprint density at radius 3 is 2.79 bits per heavy atom. The van der Waals surface area contributed by atoms with Gasteiger partial charge in [0.05, 0.1) is 12.8 Å². The quantitative estimate of drug-likeness (QED) is 0.579. The molecule has 8 nitrogen and oxygen atoms in total. The van der Waals surface area contributed by atoms with Crippen LogP contribution in [-0.4, -0.2) is 64.4 Å². The molecule has 0 saturated carbocycles. The Kier molecular flexibility index (Phi) is 6.25. The molecule has 130 valence electrons. The van der Waals surface area contributed by atoms with Crippen LogP contribution in [0.15, 0.2) is 18.6 Å². The number of aryl methyl sites for hydroxylation is 1. The average Bonchev–Trinajstić information content (AvgIpc) is 2.98. The van der Waals surface area contributed by atoms with E-state index in [1.807, 2.05) is 27.2 Å². The van der Waals surface area contributed by atoms with E-state index in [1.54, 1.807) is 17.8 Å². The molecule has 0 unspecified atom stereocenters. The molecule has 2 aromatic heterocycles. The number of ether oxygens (including phenoxy) is 1. The van der Waals surface area contributed by atoms with Gasteiger partial charge in [0.25, 0.3) is 5.95 Å². The zero-order valence-electron chi connectivity index (χ0n) is 14.6. The number of nitrogens with one attached hydrogen (secondary N) is 1. The molecule has 0 saturated heterocycles. The molecule has 0 aromatic carbocycles. The molecule has 24 heavy (non-hydrogen) atoms. The van der Waals surface area contributed by atoms with Crippen molar-refractivity contribution in [3.05, 3.63) is 29.7 Å². The van der Waals surface area contributed by atoms with E-state index < -0.39 is 5.97 Å². The molecule has 0 bridgehead atoms. The normalized spacial score (nSPS) is 10.9. The van der Waals surface area contributed by atoms with Crippen LogP contribution in [0.5, 0.6) is 0 Å². The minimum absolute atomic E-state index is 0.305. The summed E-state index contributed by atoms with van der Waals surface area (Å²) < 4.78 is 6.65. The summed E-state index contributed by atoms with van der Waals surface area (Å²) in [4.78, 5) is 22.9. The van der Waals surface area contributed by atoms with Crippen molar-refractivity contribution in [3.63, 3.8) is 0 Å². The van der Waals surface area contributed by atoms with E-state index in [0.717, 1.165) is 18.5 Å². The lowest BCUT2D eigenvalue weighted by Crippen LogP contribution is -2.19. The fourth-order valence-corrected chi connectivity index (χ4v) is 2.10.